The summed E-state index contributed by atoms with van der Waals surface area (Å²) >= 11 is 5.83. The summed E-state index contributed by atoms with van der Waals surface area (Å²) in [6.07, 6.45) is 0.883. The van der Waals surface area contributed by atoms with Gasteiger partial charge >= 0.3 is 0 Å². The smallest absolute Gasteiger partial charge is 0.275 e. The molecule has 1 aromatic carbocycles. The van der Waals surface area contributed by atoms with E-state index in [1.165, 1.54) is 0 Å². The van der Waals surface area contributed by atoms with E-state index < -0.39 is 0 Å². The molecule has 6 heteroatoms. The third kappa shape index (κ3) is 7.68. The van der Waals surface area contributed by atoms with Gasteiger partial charge in [-0.25, -0.2) is 0 Å². The predicted molar refractivity (Wildman–Crippen MR) is 83.2 cm³/mol. The van der Waals surface area contributed by atoms with E-state index in [2.05, 4.69) is 10.6 Å². The Morgan fingerprint density at radius 2 is 1.81 bits per heavy atom. The molecule has 1 unspecified atom stereocenters. The summed E-state index contributed by atoms with van der Waals surface area (Å²) in [6.45, 7) is 3.70. The largest absolute Gasteiger partial charge is 0.355 e. The first-order chi connectivity index (χ1) is 10.0. The molecule has 2 amide bonds. The zero-order valence-corrected chi connectivity index (χ0v) is 13.3. The highest BCUT2D eigenvalue weighted by atomic mass is 35.5. The Hall–Kier alpha value is -1.59. The van der Waals surface area contributed by atoms with Crippen molar-refractivity contribution in [1.82, 2.24) is 10.6 Å². The molecule has 116 valence electrons. The van der Waals surface area contributed by atoms with Gasteiger partial charge < -0.3 is 15.5 Å². The highest BCUT2D eigenvalue weighted by molar-refractivity contribution is 6.30. The zero-order chi connectivity index (χ0) is 15.7. The Kier molecular flexibility index (Phi) is 7.79. The van der Waals surface area contributed by atoms with E-state index in [1.807, 2.05) is 38.2 Å². The van der Waals surface area contributed by atoms with Crippen LogP contribution in [0.3, 0.4) is 0 Å². The number of nitrogens with one attached hydrogen (secondary N) is 3. The molecular weight excluding hydrogens is 290 g/mol. The van der Waals surface area contributed by atoms with Crippen LogP contribution in [0.15, 0.2) is 24.3 Å². The van der Waals surface area contributed by atoms with Gasteiger partial charge in [0.25, 0.3) is 5.91 Å². The zero-order valence-electron chi connectivity index (χ0n) is 12.5. The van der Waals surface area contributed by atoms with Crippen molar-refractivity contribution >= 4 is 23.4 Å². The molecule has 1 atom stereocenters. The Morgan fingerprint density at radius 3 is 2.43 bits per heavy atom. The molecule has 0 radical (unpaired) electrons. The lowest BCUT2D eigenvalue weighted by Crippen LogP contribution is -3.08. The minimum atomic E-state index is -0.152. The predicted octanol–water partition coefficient (Wildman–Crippen LogP) is -0.00290. The molecule has 21 heavy (non-hydrogen) atoms. The molecule has 0 aliphatic heterocycles. The number of likely N-dealkylation sites (N-methyl/N-ethyl adjacent to an activating group) is 1. The van der Waals surface area contributed by atoms with E-state index in [4.69, 9.17) is 11.6 Å². The monoisotopic (exact) mass is 312 g/mol. The minimum absolute atomic E-state index is 0.0348. The molecule has 0 bridgehead atoms. The normalized spacial score (nSPS) is 11.8. The van der Waals surface area contributed by atoms with Gasteiger partial charge in [0.1, 0.15) is 6.54 Å². The molecule has 1 aromatic rings. The van der Waals surface area contributed by atoms with E-state index in [-0.39, 0.29) is 18.4 Å². The lowest BCUT2D eigenvalue weighted by atomic mass is 10.2. The van der Waals surface area contributed by atoms with E-state index in [0.717, 1.165) is 23.4 Å². The maximum absolute atomic E-state index is 11.7. The molecule has 0 aliphatic carbocycles. The number of carbonyl (C=O) groups is 2. The number of rotatable bonds is 8. The highest BCUT2D eigenvalue weighted by Gasteiger charge is 2.11. The summed E-state index contributed by atoms with van der Waals surface area (Å²) in [5.74, 6) is -0.284. The fourth-order valence-electron chi connectivity index (χ4n) is 1.86. The maximum atomic E-state index is 11.7. The second-order valence-corrected chi connectivity index (χ2v) is 5.50. The molecular formula is C15H23ClN3O2+. The molecule has 0 saturated carbocycles. The van der Waals surface area contributed by atoms with Crippen molar-refractivity contribution < 1.29 is 14.5 Å². The molecule has 0 fully saturated rings. The summed E-state index contributed by atoms with van der Waals surface area (Å²) in [5, 5.41) is 6.04. The Labute approximate surface area is 130 Å². The van der Waals surface area contributed by atoms with Crippen LogP contribution in [0, 0.1) is 0 Å². The van der Waals surface area contributed by atoms with Crippen molar-refractivity contribution in [2.45, 2.75) is 19.9 Å². The number of benzene rings is 1. The summed E-state index contributed by atoms with van der Waals surface area (Å²) < 4.78 is 0. The van der Waals surface area contributed by atoms with Gasteiger partial charge in [-0.1, -0.05) is 30.7 Å². The second kappa shape index (κ2) is 9.37. The van der Waals surface area contributed by atoms with Gasteiger partial charge in [-0.2, -0.15) is 0 Å². The number of hydrogen-bond donors (Lipinski definition) is 3. The number of carbonyl (C=O) groups excluding carboxylic acids is 2. The summed E-state index contributed by atoms with van der Waals surface area (Å²) in [6, 6.07) is 7.56. The Balaban J connectivity index is 2.27. The van der Waals surface area contributed by atoms with Crippen molar-refractivity contribution in [3.05, 3.63) is 34.9 Å². The standard InChI is InChI=1S/C15H22ClN3O2/c1-3-8-17-14(20)9-18-15(21)11-19(2)10-12-4-6-13(16)7-5-12/h4-7H,3,8-11H2,1-2H3,(H,17,20)(H,18,21)/p+1. The van der Waals surface area contributed by atoms with Crippen molar-refractivity contribution in [3.63, 3.8) is 0 Å². The van der Waals surface area contributed by atoms with Crippen LogP contribution < -0.4 is 15.5 Å². The lowest BCUT2D eigenvalue weighted by Gasteiger charge is -2.14. The minimum Gasteiger partial charge on any atom is -0.355 e. The van der Waals surface area contributed by atoms with Crippen molar-refractivity contribution in [1.29, 1.82) is 0 Å². The van der Waals surface area contributed by atoms with Gasteiger partial charge in [0, 0.05) is 17.1 Å². The van der Waals surface area contributed by atoms with Crippen molar-refractivity contribution in [2.75, 3.05) is 26.7 Å². The molecule has 1 rings (SSSR count). The van der Waals surface area contributed by atoms with Gasteiger partial charge in [-0.05, 0) is 18.6 Å². The molecule has 0 spiro atoms. The maximum Gasteiger partial charge on any atom is 0.275 e. The van der Waals surface area contributed by atoms with Crippen LogP contribution in [0.1, 0.15) is 18.9 Å². The van der Waals surface area contributed by atoms with Crippen molar-refractivity contribution in [2.24, 2.45) is 0 Å². The number of hydrogen-bond acceptors (Lipinski definition) is 2. The molecule has 0 aromatic heterocycles. The molecule has 0 saturated heterocycles. The quantitative estimate of drug-likeness (QED) is 0.632. The SMILES string of the molecule is CCCNC(=O)CNC(=O)C[NH+](C)Cc1ccc(Cl)cc1. The van der Waals surface area contributed by atoms with Crippen molar-refractivity contribution in [3.8, 4) is 0 Å². The van der Waals surface area contributed by atoms with Gasteiger partial charge in [-0.3, -0.25) is 9.59 Å². The second-order valence-electron chi connectivity index (χ2n) is 5.06. The van der Waals surface area contributed by atoms with Crippen LogP contribution in [0.4, 0.5) is 0 Å². The van der Waals surface area contributed by atoms with E-state index in [1.54, 1.807) is 0 Å². The molecule has 3 N–H and O–H groups in total. The topological polar surface area (TPSA) is 62.6 Å². The third-order valence-corrected chi connectivity index (χ3v) is 3.15. The first-order valence-corrected chi connectivity index (χ1v) is 7.48. The summed E-state index contributed by atoms with van der Waals surface area (Å²) in [4.78, 5) is 24.2. The van der Waals surface area contributed by atoms with Crippen LogP contribution >= 0.6 is 11.6 Å². The van der Waals surface area contributed by atoms with Gasteiger partial charge in [0.2, 0.25) is 5.91 Å². The molecule has 5 nitrogen and oxygen atoms in total. The van der Waals surface area contributed by atoms with E-state index >= 15 is 0 Å². The van der Waals surface area contributed by atoms with Gasteiger partial charge in [-0.15, -0.1) is 0 Å². The fourth-order valence-corrected chi connectivity index (χ4v) is 1.98. The third-order valence-electron chi connectivity index (χ3n) is 2.90. The van der Waals surface area contributed by atoms with Crippen LogP contribution in [0.2, 0.25) is 5.02 Å². The number of quaternary nitrogens is 1. The van der Waals surface area contributed by atoms with Crippen LogP contribution in [-0.4, -0.2) is 38.5 Å². The number of halogens is 1. The highest BCUT2D eigenvalue weighted by Crippen LogP contribution is 2.08. The first-order valence-electron chi connectivity index (χ1n) is 7.10. The van der Waals surface area contributed by atoms with Crippen LogP contribution in [0.5, 0.6) is 0 Å². The Bertz CT molecular complexity index is 462. The van der Waals surface area contributed by atoms with Crippen LogP contribution in [0.25, 0.3) is 0 Å². The van der Waals surface area contributed by atoms with Crippen LogP contribution in [-0.2, 0) is 16.1 Å². The van der Waals surface area contributed by atoms with E-state index in [9.17, 15) is 9.59 Å². The van der Waals surface area contributed by atoms with Gasteiger partial charge in [0.05, 0.1) is 13.6 Å². The lowest BCUT2D eigenvalue weighted by molar-refractivity contribution is -0.885. The van der Waals surface area contributed by atoms with E-state index in [0.29, 0.717) is 18.1 Å². The fraction of sp³-hybridized carbons (Fsp3) is 0.467. The summed E-state index contributed by atoms with van der Waals surface area (Å²) in [5.41, 5.74) is 1.12. The number of amides is 2. The summed E-state index contributed by atoms with van der Waals surface area (Å²) in [7, 11) is 1.94. The van der Waals surface area contributed by atoms with Gasteiger partial charge in [0.15, 0.2) is 6.54 Å². The molecule has 0 heterocycles. The average molecular weight is 313 g/mol. The Morgan fingerprint density at radius 1 is 1.14 bits per heavy atom. The average Bonchev–Trinajstić information content (AvgIpc) is 2.45. The first kappa shape index (κ1) is 17.5. The molecule has 0 aliphatic rings.